The average molecular weight is 285 g/mol. The number of amidine groups is 1. The highest BCUT2D eigenvalue weighted by molar-refractivity contribution is 7.14. The molecule has 0 saturated carbocycles. The minimum Gasteiger partial charge on any atom is -0.453 e. The minimum atomic E-state index is -1.89. The Hall–Kier alpha value is -0.853. The normalized spacial score (nSPS) is 13.8. The lowest BCUT2D eigenvalue weighted by Gasteiger charge is -2.33. The Bertz CT molecular complexity index is 435. The Labute approximate surface area is 114 Å². The first kappa shape index (κ1) is 15.2. The van der Waals surface area contributed by atoms with E-state index in [0.717, 1.165) is 9.75 Å². The molecule has 6 heteroatoms. The maximum absolute atomic E-state index is 5.93. The number of nitrogens with zero attached hydrogens (tertiary/aromatic N) is 1. The molecule has 4 N–H and O–H groups in total. The van der Waals surface area contributed by atoms with Gasteiger partial charge in [-0.3, -0.25) is 0 Å². The van der Waals surface area contributed by atoms with Crippen molar-refractivity contribution in [3.8, 4) is 0 Å². The van der Waals surface area contributed by atoms with Crippen LogP contribution >= 0.6 is 11.3 Å². The average Bonchev–Trinajstić information content (AvgIpc) is 2.73. The molecule has 0 saturated heterocycles. The summed E-state index contributed by atoms with van der Waals surface area (Å²) >= 11 is 1.55. The van der Waals surface area contributed by atoms with Crippen LogP contribution in [0.15, 0.2) is 17.3 Å². The van der Waals surface area contributed by atoms with Gasteiger partial charge in [0.25, 0.3) is 8.32 Å². The number of hydrogen-bond acceptors (Lipinski definition) is 4. The van der Waals surface area contributed by atoms with Crippen molar-refractivity contribution in [2.24, 2.45) is 16.6 Å². The van der Waals surface area contributed by atoms with Crippen LogP contribution in [0.1, 0.15) is 30.5 Å². The molecular formula is C12H23N3OSSi. The van der Waals surface area contributed by atoms with Gasteiger partial charge in [-0.25, -0.2) is 0 Å². The monoisotopic (exact) mass is 285 g/mol. The SMILES string of the molecule is CC(C)(C)[Si](C)(C)O/N=C(\N)c1ccc(CN)s1. The second-order valence-electron chi connectivity index (χ2n) is 5.80. The minimum absolute atomic E-state index is 0.120. The van der Waals surface area contributed by atoms with E-state index in [1.807, 2.05) is 12.1 Å². The second-order valence-corrected chi connectivity index (χ2v) is 11.7. The van der Waals surface area contributed by atoms with E-state index in [4.69, 9.17) is 16.0 Å². The lowest BCUT2D eigenvalue weighted by molar-refractivity contribution is 0.308. The molecule has 102 valence electrons. The molecule has 4 nitrogen and oxygen atoms in total. The molecule has 0 aliphatic heterocycles. The van der Waals surface area contributed by atoms with Crippen molar-refractivity contribution in [3.05, 3.63) is 21.9 Å². The van der Waals surface area contributed by atoms with Gasteiger partial charge in [0.05, 0.1) is 4.88 Å². The molecule has 0 unspecified atom stereocenters. The van der Waals surface area contributed by atoms with E-state index in [1.165, 1.54) is 0 Å². The first-order valence-electron chi connectivity index (χ1n) is 5.98. The van der Waals surface area contributed by atoms with Gasteiger partial charge in [0.15, 0.2) is 5.84 Å². The maximum Gasteiger partial charge on any atom is 0.286 e. The van der Waals surface area contributed by atoms with Crippen molar-refractivity contribution in [1.82, 2.24) is 0 Å². The number of oxime groups is 1. The Morgan fingerprint density at radius 3 is 2.44 bits per heavy atom. The molecule has 1 rings (SSSR count). The molecule has 0 atom stereocenters. The van der Waals surface area contributed by atoms with Crippen LogP contribution in [-0.4, -0.2) is 14.2 Å². The fraction of sp³-hybridized carbons (Fsp3) is 0.583. The third-order valence-electron chi connectivity index (χ3n) is 3.29. The van der Waals surface area contributed by atoms with E-state index in [-0.39, 0.29) is 5.04 Å². The number of nitrogens with two attached hydrogens (primary N) is 2. The molecule has 1 aromatic heterocycles. The fourth-order valence-electron chi connectivity index (χ4n) is 0.970. The summed E-state index contributed by atoms with van der Waals surface area (Å²) in [6.07, 6.45) is 0. The lowest BCUT2D eigenvalue weighted by Crippen LogP contribution is -2.39. The van der Waals surface area contributed by atoms with Gasteiger partial charge < -0.3 is 16.0 Å². The Kier molecular flexibility index (Phi) is 4.58. The molecular weight excluding hydrogens is 262 g/mol. The van der Waals surface area contributed by atoms with Gasteiger partial charge in [0.2, 0.25) is 0 Å². The van der Waals surface area contributed by atoms with Crippen molar-refractivity contribution in [2.45, 2.75) is 45.4 Å². The van der Waals surface area contributed by atoms with E-state index >= 15 is 0 Å². The van der Waals surface area contributed by atoms with Gasteiger partial charge in [-0.05, 0) is 30.3 Å². The highest BCUT2D eigenvalue weighted by Crippen LogP contribution is 2.36. The van der Waals surface area contributed by atoms with E-state index in [9.17, 15) is 0 Å². The Balaban J connectivity index is 2.79. The molecule has 1 heterocycles. The number of hydrogen-bond donors (Lipinski definition) is 2. The highest BCUT2D eigenvalue weighted by Gasteiger charge is 2.39. The van der Waals surface area contributed by atoms with Crippen LogP contribution in [0.5, 0.6) is 0 Å². The van der Waals surface area contributed by atoms with Gasteiger partial charge in [0.1, 0.15) is 0 Å². The molecule has 18 heavy (non-hydrogen) atoms. The third kappa shape index (κ3) is 3.57. The Morgan fingerprint density at radius 1 is 1.39 bits per heavy atom. The topological polar surface area (TPSA) is 73.6 Å². The fourth-order valence-corrected chi connectivity index (χ4v) is 2.35. The second kappa shape index (κ2) is 5.42. The lowest BCUT2D eigenvalue weighted by atomic mass is 10.2. The largest absolute Gasteiger partial charge is 0.453 e. The van der Waals surface area contributed by atoms with Crippen LogP contribution in [-0.2, 0) is 11.1 Å². The summed E-state index contributed by atoms with van der Waals surface area (Å²) in [6.45, 7) is 11.3. The Morgan fingerprint density at radius 2 is 2.00 bits per heavy atom. The van der Waals surface area contributed by atoms with Gasteiger partial charge in [-0.15, -0.1) is 11.3 Å². The van der Waals surface area contributed by atoms with Gasteiger partial charge in [0, 0.05) is 11.4 Å². The molecule has 0 fully saturated rings. The highest BCUT2D eigenvalue weighted by atomic mass is 32.1. The molecule has 0 aromatic carbocycles. The zero-order chi connectivity index (χ0) is 14.0. The standard InChI is InChI=1S/C12H23N3OSSi/c1-12(2,3)18(4,5)16-15-11(14)10-7-6-9(8-13)17-10/h6-7H,8,13H2,1-5H3,(H2,14,15). The van der Waals surface area contributed by atoms with Crippen molar-refractivity contribution in [3.63, 3.8) is 0 Å². The molecule has 0 bridgehead atoms. The van der Waals surface area contributed by atoms with E-state index < -0.39 is 8.32 Å². The predicted molar refractivity (Wildman–Crippen MR) is 81.2 cm³/mol. The van der Waals surface area contributed by atoms with Gasteiger partial charge in [-0.1, -0.05) is 25.9 Å². The summed E-state index contributed by atoms with van der Waals surface area (Å²) in [5.74, 6) is 0.435. The summed E-state index contributed by atoms with van der Waals surface area (Å²) in [5.41, 5.74) is 11.5. The van der Waals surface area contributed by atoms with E-state index in [0.29, 0.717) is 12.4 Å². The van der Waals surface area contributed by atoms with E-state index in [1.54, 1.807) is 11.3 Å². The first-order chi connectivity index (χ1) is 8.17. The van der Waals surface area contributed by atoms with Crippen LogP contribution < -0.4 is 11.5 Å². The smallest absolute Gasteiger partial charge is 0.286 e. The molecule has 0 spiro atoms. The molecule has 0 aliphatic rings. The summed E-state index contributed by atoms with van der Waals surface area (Å²) in [6, 6.07) is 3.90. The third-order valence-corrected chi connectivity index (χ3v) is 8.58. The van der Waals surface area contributed by atoms with Gasteiger partial charge >= 0.3 is 0 Å². The van der Waals surface area contributed by atoms with Crippen molar-refractivity contribution in [1.29, 1.82) is 0 Å². The quantitative estimate of drug-likeness (QED) is 0.387. The molecule has 1 aromatic rings. The first-order valence-corrected chi connectivity index (χ1v) is 9.70. The zero-order valence-corrected chi connectivity index (χ0v) is 13.6. The zero-order valence-electron chi connectivity index (χ0n) is 11.8. The number of thiophene rings is 1. The summed E-state index contributed by atoms with van der Waals surface area (Å²) in [4.78, 5) is 2.00. The van der Waals surface area contributed by atoms with Crippen LogP contribution in [0, 0.1) is 0 Å². The van der Waals surface area contributed by atoms with E-state index in [2.05, 4.69) is 39.0 Å². The van der Waals surface area contributed by atoms with Crippen LogP contribution in [0.3, 0.4) is 0 Å². The number of rotatable bonds is 4. The van der Waals surface area contributed by atoms with Crippen molar-refractivity contribution >= 4 is 25.5 Å². The molecule has 0 radical (unpaired) electrons. The van der Waals surface area contributed by atoms with Gasteiger partial charge in [-0.2, -0.15) is 0 Å². The van der Waals surface area contributed by atoms with Crippen molar-refractivity contribution < 1.29 is 4.53 Å². The predicted octanol–water partition coefficient (Wildman–Crippen LogP) is 2.85. The van der Waals surface area contributed by atoms with Crippen molar-refractivity contribution in [2.75, 3.05) is 0 Å². The van der Waals surface area contributed by atoms with Crippen LogP contribution in [0.2, 0.25) is 18.1 Å². The summed E-state index contributed by atoms with van der Waals surface area (Å²) in [7, 11) is -1.89. The summed E-state index contributed by atoms with van der Waals surface area (Å²) < 4.78 is 5.73. The summed E-state index contributed by atoms with van der Waals surface area (Å²) in [5, 5.41) is 4.23. The molecule has 0 aliphatic carbocycles. The van der Waals surface area contributed by atoms with Crippen LogP contribution in [0.4, 0.5) is 0 Å². The molecule has 0 amide bonds. The van der Waals surface area contributed by atoms with Crippen LogP contribution in [0.25, 0.3) is 0 Å². The maximum atomic E-state index is 5.93.